The van der Waals surface area contributed by atoms with Gasteiger partial charge in [-0.3, -0.25) is 4.79 Å². The molecule has 1 unspecified atom stereocenters. The van der Waals surface area contributed by atoms with Crippen LogP contribution in [0.25, 0.3) is 0 Å². The van der Waals surface area contributed by atoms with Crippen LogP contribution in [0.2, 0.25) is 0 Å². The predicted octanol–water partition coefficient (Wildman–Crippen LogP) is 2.17. The number of carbonyl (C=O) groups excluding carboxylic acids is 1. The zero-order valence-corrected chi connectivity index (χ0v) is 13.2. The maximum absolute atomic E-state index is 12.2. The molecule has 2 heterocycles. The van der Waals surface area contributed by atoms with Gasteiger partial charge in [-0.2, -0.15) is 4.98 Å². The van der Waals surface area contributed by atoms with Gasteiger partial charge in [0, 0.05) is 12.2 Å². The van der Waals surface area contributed by atoms with Gasteiger partial charge in [0.25, 0.3) is 0 Å². The number of nitrogens with two attached hydrogens (primary N) is 1. The van der Waals surface area contributed by atoms with Crippen molar-refractivity contribution in [3.05, 3.63) is 11.7 Å². The van der Waals surface area contributed by atoms with Crippen molar-refractivity contribution in [2.45, 2.75) is 57.0 Å². The fourth-order valence-electron chi connectivity index (χ4n) is 3.05. The summed E-state index contributed by atoms with van der Waals surface area (Å²) in [5.74, 6) is 2.82. The smallest absolute Gasteiger partial charge is 0.250 e. The summed E-state index contributed by atoms with van der Waals surface area (Å²) in [6, 6.07) is -0.0969. The zero-order chi connectivity index (χ0) is 14.9. The van der Waals surface area contributed by atoms with Gasteiger partial charge in [0.15, 0.2) is 5.82 Å². The van der Waals surface area contributed by atoms with Gasteiger partial charge in [-0.15, -0.1) is 11.8 Å². The van der Waals surface area contributed by atoms with E-state index in [2.05, 4.69) is 10.1 Å². The number of nitrogens with zero attached hydrogens (tertiary/aromatic N) is 3. The van der Waals surface area contributed by atoms with Gasteiger partial charge in [0.2, 0.25) is 11.8 Å². The highest BCUT2D eigenvalue weighted by Gasteiger charge is 2.39. The molecule has 0 spiro atoms. The Bertz CT molecular complexity index is 513. The van der Waals surface area contributed by atoms with Crippen molar-refractivity contribution in [1.82, 2.24) is 15.0 Å². The van der Waals surface area contributed by atoms with Gasteiger partial charge in [-0.25, -0.2) is 0 Å². The number of hydrogen-bond acceptors (Lipinski definition) is 6. The first-order valence-corrected chi connectivity index (χ1v) is 8.80. The Hall–Kier alpha value is -1.08. The molecular formula is C14H22N4O2S. The van der Waals surface area contributed by atoms with E-state index in [9.17, 15) is 4.79 Å². The number of amides is 1. The Kier molecular flexibility index (Phi) is 4.21. The van der Waals surface area contributed by atoms with Crippen molar-refractivity contribution >= 4 is 17.7 Å². The highest BCUT2D eigenvalue weighted by Crippen LogP contribution is 2.37. The highest BCUT2D eigenvalue weighted by atomic mass is 32.2. The van der Waals surface area contributed by atoms with E-state index in [4.69, 9.17) is 10.3 Å². The minimum absolute atomic E-state index is 0.0969. The molecule has 1 atom stereocenters. The second kappa shape index (κ2) is 5.96. The Morgan fingerprint density at radius 2 is 2.29 bits per heavy atom. The summed E-state index contributed by atoms with van der Waals surface area (Å²) in [6.45, 7) is 2.01. The van der Waals surface area contributed by atoms with Gasteiger partial charge in [-0.1, -0.05) is 24.9 Å². The molecular weight excluding hydrogens is 288 g/mol. The minimum atomic E-state index is -0.439. The van der Waals surface area contributed by atoms with E-state index < -0.39 is 5.54 Å². The van der Waals surface area contributed by atoms with Crippen LogP contribution in [-0.2, 0) is 10.3 Å². The van der Waals surface area contributed by atoms with Crippen molar-refractivity contribution in [2.75, 3.05) is 11.6 Å². The molecule has 7 heteroatoms. The molecule has 0 radical (unpaired) electrons. The molecule has 0 aromatic carbocycles. The molecule has 1 saturated carbocycles. The van der Waals surface area contributed by atoms with Gasteiger partial charge in [-0.05, 0) is 19.3 Å². The van der Waals surface area contributed by atoms with E-state index in [1.54, 1.807) is 11.8 Å². The van der Waals surface area contributed by atoms with Crippen LogP contribution in [0, 0.1) is 0 Å². The monoisotopic (exact) mass is 310 g/mol. The van der Waals surface area contributed by atoms with E-state index in [1.165, 1.54) is 0 Å². The van der Waals surface area contributed by atoms with Gasteiger partial charge in [0.1, 0.15) is 6.04 Å². The molecule has 1 saturated heterocycles. The molecule has 116 valence electrons. The second-order valence-corrected chi connectivity index (χ2v) is 6.95. The molecule has 1 aliphatic heterocycles. The van der Waals surface area contributed by atoms with Crippen LogP contribution >= 0.6 is 11.8 Å². The maximum atomic E-state index is 12.2. The third kappa shape index (κ3) is 2.81. The lowest BCUT2D eigenvalue weighted by Gasteiger charge is -2.21. The Morgan fingerprint density at radius 3 is 3.00 bits per heavy atom. The summed E-state index contributed by atoms with van der Waals surface area (Å²) in [5, 5.41) is 4.10. The number of thioether (sulfide) groups is 1. The summed E-state index contributed by atoms with van der Waals surface area (Å²) >= 11 is 1.73. The van der Waals surface area contributed by atoms with Crippen molar-refractivity contribution < 1.29 is 9.32 Å². The molecule has 0 bridgehead atoms. The normalized spacial score (nSPS) is 24.7. The molecule has 1 aromatic heterocycles. The summed E-state index contributed by atoms with van der Waals surface area (Å²) in [4.78, 5) is 18.5. The second-order valence-electron chi connectivity index (χ2n) is 5.95. The Balaban J connectivity index is 1.77. The molecule has 2 aliphatic rings. The fourth-order valence-corrected chi connectivity index (χ4v) is 4.22. The number of carbonyl (C=O) groups is 1. The third-order valence-electron chi connectivity index (χ3n) is 4.33. The van der Waals surface area contributed by atoms with Crippen LogP contribution in [0.5, 0.6) is 0 Å². The number of aromatic nitrogens is 2. The lowest BCUT2D eigenvalue weighted by atomic mass is 9.99. The molecule has 6 nitrogen and oxygen atoms in total. The van der Waals surface area contributed by atoms with E-state index in [0.717, 1.165) is 37.9 Å². The zero-order valence-electron chi connectivity index (χ0n) is 12.4. The number of hydrogen-bond donors (Lipinski definition) is 1. The summed E-state index contributed by atoms with van der Waals surface area (Å²) in [5.41, 5.74) is 5.93. The van der Waals surface area contributed by atoms with Crippen molar-refractivity contribution in [3.63, 3.8) is 0 Å². The Morgan fingerprint density at radius 1 is 1.52 bits per heavy atom. The van der Waals surface area contributed by atoms with Crippen molar-refractivity contribution in [3.8, 4) is 0 Å². The maximum Gasteiger partial charge on any atom is 0.250 e. The lowest BCUT2D eigenvalue weighted by molar-refractivity contribution is -0.132. The van der Waals surface area contributed by atoms with E-state index in [0.29, 0.717) is 24.0 Å². The van der Waals surface area contributed by atoms with Crippen LogP contribution < -0.4 is 5.73 Å². The largest absolute Gasteiger partial charge is 0.337 e. The van der Waals surface area contributed by atoms with Gasteiger partial charge in [0.05, 0.1) is 11.4 Å². The van der Waals surface area contributed by atoms with Gasteiger partial charge >= 0.3 is 0 Å². The van der Waals surface area contributed by atoms with Gasteiger partial charge < -0.3 is 15.2 Å². The van der Waals surface area contributed by atoms with Crippen LogP contribution in [0.15, 0.2) is 4.52 Å². The minimum Gasteiger partial charge on any atom is -0.337 e. The van der Waals surface area contributed by atoms with E-state index in [1.807, 2.05) is 11.8 Å². The molecule has 1 aliphatic carbocycles. The first kappa shape index (κ1) is 14.8. The van der Waals surface area contributed by atoms with Crippen molar-refractivity contribution in [1.29, 1.82) is 0 Å². The van der Waals surface area contributed by atoms with E-state index >= 15 is 0 Å². The quantitative estimate of drug-likeness (QED) is 0.917. The average Bonchev–Trinajstić information content (AvgIpc) is 3.18. The fraction of sp³-hybridized carbons (Fsp3) is 0.786. The highest BCUT2D eigenvalue weighted by molar-refractivity contribution is 7.99. The molecule has 1 amide bonds. The molecule has 1 aromatic rings. The topological polar surface area (TPSA) is 85.2 Å². The summed E-state index contributed by atoms with van der Waals surface area (Å²) in [6.07, 6.45) is 5.46. The standard InChI is InChI=1S/C14H22N4O2S/c1-2-5-11(19)18-9-21-8-10(18)12-16-13(17-20-12)14(15)6-3-4-7-14/h10H,2-9,15H2,1H3. The molecule has 3 rings (SSSR count). The lowest BCUT2D eigenvalue weighted by Crippen LogP contribution is -2.35. The summed E-state index contributed by atoms with van der Waals surface area (Å²) in [7, 11) is 0. The van der Waals surface area contributed by atoms with Crippen LogP contribution in [0.3, 0.4) is 0 Å². The SMILES string of the molecule is CCCC(=O)N1CSCC1c1nc(C2(N)CCCC2)no1. The summed E-state index contributed by atoms with van der Waals surface area (Å²) < 4.78 is 5.44. The Labute approximate surface area is 128 Å². The van der Waals surface area contributed by atoms with Crippen LogP contribution in [0.4, 0.5) is 0 Å². The first-order chi connectivity index (χ1) is 10.1. The molecule has 21 heavy (non-hydrogen) atoms. The average molecular weight is 310 g/mol. The van der Waals surface area contributed by atoms with Crippen molar-refractivity contribution in [2.24, 2.45) is 5.73 Å². The first-order valence-electron chi connectivity index (χ1n) is 7.64. The number of rotatable bonds is 4. The molecule has 2 fully saturated rings. The van der Waals surface area contributed by atoms with Crippen LogP contribution in [-0.4, -0.2) is 32.6 Å². The third-order valence-corrected chi connectivity index (χ3v) is 5.35. The van der Waals surface area contributed by atoms with E-state index in [-0.39, 0.29) is 11.9 Å². The predicted molar refractivity (Wildman–Crippen MR) is 80.5 cm³/mol. The van der Waals surface area contributed by atoms with Crippen LogP contribution in [0.1, 0.15) is 63.2 Å². The molecule has 2 N–H and O–H groups in total.